The minimum absolute atomic E-state index is 0.00357. The van der Waals surface area contributed by atoms with Crippen molar-refractivity contribution in [3.8, 4) is 11.5 Å². The molecule has 1 aliphatic carbocycles. The summed E-state index contributed by atoms with van der Waals surface area (Å²) in [6, 6.07) is 14.0. The first kappa shape index (κ1) is 28.0. The highest BCUT2D eigenvalue weighted by Crippen LogP contribution is 2.53. The SMILES string of the molecule is CCCCCCC(=O)Oc1ccc(C2(C)CC(C)(C)c3ccc(OC(=O)CCCCCC)cc32)cc1. The molecule has 0 spiro atoms. The van der Waals surface area contributed by atoms with Gasteiger partial charge >= 0.3 is 11.9 Å². The first-order chi connectivity index (χ1) is 17.2. The predicted octanol–water partition coefficient (Wildman–Crippen LogP) is 8.43. The summed E-state index contributed by atoms with van der Waals surface area (Å²) in [7, 11) is 0. The molecule has 4 nitrogen and oxygen atoms in total. The molecular weight excluding hydrogens is 448 g/mol. The van der Waals surface area contributed by atoms with E-state index in [1.165, 1.54) is 16.7 Å². The topological polar surface area (TPSA) is 52.6 Å². The van der Waals surface area contributed by atoms with E-state index in [0.717, 1.165) is 57.8 Å². The van der Waals surface area contributed by atoms with Gasteiger partial charge in [0.1, 0.15) is 11.5 Å². The first-order valence-electron chi connectivity index (χ1n) is 13.9. The Morgan fingerprint density at radius 3 is 1.78 bits per heavy atom. The van der Waals surface area contributed by atoms with Gasteiger partial charge in [-0.2, -0.15) is 0 Å². The Morgan fingerprint density at radius 1 is 0.694 bits per heavy atom. The van der Waals surface area contributed by atoms with Crippen molar-refractivity contribution in [1.82, 2.24) is 0 Å². The molecule has 0 fully saturated rings. The van der Waals surface area contributed by atoms with Crippen molar-refractivity contribution in [2.75, 3.05) is 0 Å². The Balaban J connectivity index is 1.73. The fraction of sp³-hybridized carbons (Fsp3) is 0.562. The van der Waals surface area contributed by atoms with Crippen LogP contribution in [0.15, 0.2) is 42.5 Å². The van der Waals surface area contributed by atoms with Crippen LogP contribution >= 0.6 is 0 Å². The zero-order valence-corrected chi connectivity index (χ0v) is 23.0. The van der Waals surface area contributed by atoms with Gasteiger partial charge in [-0.25, -0.2) is 0 Å². The molecule has 0 N–H and O–H groups in total. The summed E-state index contributed by atoms with van der Waals surface area (Å²) in [4.78, 5) is 24.6. The fourth-order valence-corrected chi connectivity index (χ4v) is 5.61. The number of rotatable bonds is 13. The van der Waals surface area contributed by atoms with Crippen LogP contribution in [0.5, 0.6) is 11.5 Å². The van der Waals surface area contributed by atoms with Crippen LogP contribution in [0.1, 0.15) is 122 Å². The van der Waals surface area contributed by atoms with E-state index in [0.29, 0.717) is 24.3 Å². The quantitative estimate of drug-likeness (QED) is 0.160. The third-order valence-electron chi connectivity index (χ3n) is 7.53. The molecular formula is C32H44O4. The maximum absolute atomic E-state index is 12.4. The summed E-state index contributed by atoms with van der Waals surface area (Å²) in [5, 5.41) is 0. The number of hydrogen-bond donors (Lipinski definition) is 0. The lowest BCUT2D eigenvalue weighted by Gasteiger charge is -2.28. The fourth-order valence-electron chi connectivity index (χ4n) is 5.61. The molecule has 36 heavy (non-hydrogen) atoms. The molecule has 0 heterocycles. The lowest BCUT2D eigenvalue weighted by molar-refractivity contribution is -0.135. The molecule has 0 saturated heterocycles. The molecule has 2 aromatic carbocycles. The van der Waals surface area contributed by atoms with Crippen molar-refractivity contribution >= 4 is 11.9 Å². The van der Waals surface area contributed by atoms with Gasteiger partial charge in [-0.05, 0) is 65.6 Å². The standard InChI is InChI=1S/C32H44O4/c1-6-8-10-12-14-29(33)35-25-18-16-24(17-19-25)32(5)23-31(3,4)27-21-20-26(22-28(27)32)36-30(34)15-13-11-9-7-2/h16-22H,6-15,23H2,1-5H3. The van der Waals surface area contributed by atoms with E-state index in [2.05, 4.69) is 58.9 Å². The minimum Gasteiger partial charge on any atom is -0.427 e. The van der Waals surface area contributed by atoms with Gasteiger partial charge in [0, 0.05) is 18.3 Å². The molecule has 0 saturated carbocycles. The normalized spacial score (nSPS) is 18.0. The van der Waals surface area contributed by atoms with E-state index in [9.17, 15) is 9.59 Å². The summed E-state index contributed by atoms with van der Waals surface area (Å²) >= 11 is 0. The largest absolute Gasteiger partial charge is 0.427 e. The number of ether oxygens (including phenoxy) is 2. The van der Waals surface area contributed by atoms with Crippen LogP contribution < -0.4 is 9.47 Å². The number of benzene rings is 2. The maximum atomic E-state index is 12.4. The summed E-state index contributed by atoms with van der Waals surface area (Å²) in [6.45, 7) is 11.1. The second-order valence-electron chi connectivity index (χ2n) is 11.2. The summed E-state index contributed by atoms with van der Waals surface area (Å²) < 4.78 is 11.3. The first-order valence-corrected chi connectivity index (χ1v) is 13.9. The number of hydrogen-bond acceptors (Lipinski definition) is 4. The molecule has 0 aliphatic heterocycles. The van der Waals surface area contributed by atoms with Gasteiger partial charge in [-0.1, -0.05) is 91.3 Å². The second kappa shape index (κ2) is 12.6. The van der Waals surface area contributed by atoms with Crippen molar-refractivity contribution in [2.45, 2.75) is 116 Å². The van der Waals surface area contributed by atoms with Crippen LogP contribution in [-0.2, 0) is 20.4 Å². The number of unbranched alkanes of at least 4 members (excludes halogenated alkanes) is 6. The van der Waals surface area contributed by atoms with Crippen molar-refractivity contribution < 1.29 is 19.1 Å². The van der Waals surface area contributed by atoms with Crippen LogP contribution in [0.4, 0.5) is 0 Å². The van der Waals surface area contributed by atoms with Crippen LogP contribution in [0.3, 0.4) is 0 Å². The molecule has 1 atom stereocenters. The highest BCUT2D eigenvalue weighted by Gasteiger charge is 2.46. The van der Waals surface area contributed by atoms with Crippen LogP contribution in [0.2, 0.25) is 0 Å². The van der Waals surface area contributed by atoms with Gasteiger partial charge in [0.15, 0.2) is 0 Å². The highest BCUT2D eigenvalue weighted by molar-refractivity contribution is 5.73. The number of carbonyl (C=O) groups is 2. The molecule has 196 valence electrons. The average molecular weight is 493 g/mol. The van der Waals surface area contributed by atoms with Crippen molar-refractivity contribution in [1.29, 1.82) is 0 Å². The Hall–Kier alpha value is -2.62. The molecule has 2 aromatic rings. The van der Waals surface area contributed by atoms with Crippen molar-refractivity contribution in [3.63, 3.8) is 0 Å². The molecule has 4 heteroatoms. The van der Waals surface area contributed by atoms with E-state index >= 15 is 0 Å². The molecule has 0 amide bonds. The minimum atomic E-state index is -0.231. The Labute approximate surface area is 217 Å². The van der Waals surface area contributed by atoms with Crippen LogP contribution in [-0.4, -0.2) is 11.9 Å². The molecule has 1 unspecified atom stereocenters. The number of esters is 2. The predicted molar refractivity (Wildman–Crippen MR) is 146 cm³/mol. The molecule has 0 bridgehead atoms. The average Bonchev–Trinajstić information content (AvgIpc) is 3.05. The maximum Gasteiger partial charge on any atom is 0.311 e. The third kappa shape index (κ3) is 6.99. The van der Waals surface area contributed by atoms with E-state index < -0.39 is 0 Å². The van der Waals surface area contributed by atoms with Gasteiger partial charge < -0.3 is 9.47 Å². The zero-order valence-electron chi connectivity index (χ0n) is 23.0. The van der Waals surface area contributed by atoms with Crippen LogP contribution in [0, 0.1) is 0 Å². The third-order valence-corrected chi connectivity index (χ3v) is 7.53. The van der Waals surface area contributed by atoms with E-state index in [1.807, 2.05) is 18.2 Å². The lowest BCUT2D eigenvalue weighted by atomic mass is 9.75. The van der Waals surface area contributed by atoms with Gasteiger partial charge in [0.05, 0.1) is 0 Å². The van der Waals surface area contributed by atoms with Gasteiger partial charge in [-0.15, -0.1) is 0 Å². The molecule has 3 rings (SSSR count). The Bertz CT molecular complexity index is 1020. The van der Waals surface area contributed by atoms with E-state index in [4.69, 9.17) is 9.47 Å². The summed E-state index contributed by atoms with van der Waals surface area (Å²) in [6.07, 6.45) is 10.3. The Morgan fingerprint density at radius 2 is 1.22 bits per heavy atom. The van der Waals surface area contributed by atoms with Gasteiger partial charge in [-0.3, -0.25) is 9.59 Å². The van der Waals surface area contributed by atoms with Gasteiger partial charge in [0.25, 0.3) is 0 Å². The highest BCUT2D eigenvalue weighted by atomic mass is 16.5. The summed E-state index contributed by atoms with van der Waals surface area (Å²) in [5.74, 6) is 0.877. The molecule has 0 radical (unpaired) electrons. The molecule has 0 aromatic heterocycles. The van der Waals surface area contributed by atoms with Crippen molar-refractivity contribution in [2.24, 2.45) is 0 Å². The number of fused-ring (bicyclic) bond motifs is 1. The van der Waals surface area contributed by atoms with E-state index in [-0.39, 0.29) is 22.8 Å². The molecule has 1 aliphatic rings. The number of carbonyl (C=O) groups excluding carboxylic acids is 2. The van der Waals surface area contributed by atoms with Crippen LogP contribution in [0.25, 0.3) is 0 Å². The summed E-state index contributed by atoms with van der Waals surface area (Å²) in [5.41, 5.74) is 3.42. The monoisotopic (exact) mass is 492 g/mol. The van der Waals surface area contributed by atoms with E-state index in [1.54, 1.807) is 0 Å². The zero-order chi connectivity index (χ0) is 26.2. The lowest BCUT2D eigenvalue weighted by Crippen LogP contribution is -2.23. The Kier molecular flexibility index (Phi) is 9.76. The van der Waals surface area contributed by atoms with Gasteiger partial charge in [0.2, 0.25) is 0 Å². The smallest absolute Gasteiger partial charge is 0.311 e. The van der Waals surface area contributed by atoms with Crippen molar-refractivity contribution in [3.05, 3.63) is 59.2 Å². The second-order valence-corrected chi connectivity index (χ2v) is 11.2.